The molecular weight excluding hydrogens is 388 g/mol. The van der Waals surface area contributed by atoms with E-state index in [1.807, 2.05) is 78.2 Å². The van der Waals surface area contributed by atoms with Crippen LogP contribution in [0.3, 0.4) is 0 Å². The molecule has 1 aromatic heterocycles. The number of rotatable bonds is 6. The normalized spacial score (nSPS) is 11.3. The van der Waals surface area contributed by atoms with Crippen LogP contribution in [0.1, 0.15) is 34.2 Å². The highest BCUT2D eigenvalue weighted by Gasteiger charge is 2.38. The van der Waals surface area contributed by atoms with Crippen LogP contribution in [0.2, 0.25) is 0 Å². The Morgan fingerprint density at radius 1 is 1.06 bits per heavy atom. The van der Waals surface area contributed by atoms with Crippen molar-refractivity contribution in [2.45, 2.75) is 19.1 Å². The summed E-state index contributed by atoms with van der Waals surface area (Å²) in [5.74, 6) is 0.159. The monoisotopic (exact) mass is 410 g/mol. The highest BCUT2D eigenvalue weighted by molar-refractivity contribution is 5.97. The maximum atomic E-state index is 12.4. The standard InChI is InChI=1S/C25H22N4O2/c1-2-29-22-17-18(23(30)27-16-15-26)13-14-21(22)28-24(29)25(31,19-9-5-3-6-10-19)20-11-7-4-8-12-20/h3-14,17,31H,2,16H2,1H3,(H,27,30). The number of fused-ring (bicyclic) bond motifs is 1. The second-order valence-corrected chi connectivity index (χ2v) is 7.17. The number of nitriles is 1. The maximum Gasteiger partial charge on any atom is 0.252 e. The van der Waals surface area contributed by atoms with Crippen molar-refractivity contribution in [2.75, 3.05) is 6.54 Å². The van der Waals surface area contributed by atoms with Crippen LogP contribution in [0.25, 0.3) is 11.0 Å². The van der Waals surface area contributed by atoms with Gasteiger partial charge in [-0.25, -0.2) is 4.98 Å². The summed E-state index contributed by atoms with van der Waals surface area (Å²) in [4.78, 5) is 17.2. The lowest BCUT2D eigenvalue weighted by molar-refractivity contribution is 0.0958. The van der Waals surface area contributed by atoms with Crippen LogP contribution in [-0.4, -0.2) is 27.1 Å². The summed E-state index contributed by atoms with van der Waals surface area (Å²) >= 11 is 0. The molecule has 1 amide bonds. The molecule has 0 saturated carbocycles. The number of benzene rings is 3. The largest absolute Gasteiger partial charge is 0.373 e. The predicted molar refractivity (Wildman–Crippen MR) is 118 cm³/mol. The van der Waals surface area contributed by atoms with Gasteiger partial charge in [0.2, 0.25) is 0 Å². The van der Waals surface area contributed by atoms with E-state index in [0.717, 1.165) is 5.52 Å². The molecule has 0 bridgehead atoms. The van der Waals surface area contributed by atoms with E-state index in [0.29, 0.717) is 34.6 Å². The summed E-state index contributed by atoms with van der Waals surface area (Å²) in [6.45, 7) is 2.47. The summed E-state index contributed by atoms with van der Waals surface area (Å²) in [6, 6.07) is 26.0. The Morgan fingerprint density at radius 3 is 2.23 bits per heavy atom. The van der Waals surface area contributed by atoms with Crippen molar-refractivity contribution in [3.05, 3.63) is 101 Å². The number of imidazole rings is 1. The van der Waals surface area contributed by atoms with Gasteiger partial charge in [0.25, 0.3) is 5.91 Å². The Kier molecular flexibility index (Phi) is 5.52. The minimum Gasteiger partial charge on any atom is -0.373 e. The lowest BCUT2D eigenvalue weighted by Crippen LogP contribution is -2.32. The van der Waals surface area contributed by atoms with Crippen LogP contribution in [0.5, 0.6) is 0 Å². The van der Waals surface area contributed by atoms with E-state index in [9.17, 15) is 9.90 Å². The molecule has 0 radical (unpaired) electrons. The lowest BCUT2D eigenvalue weighted by atomic mass is 9.85. The van der Waals surface area contributed by atoms with Crippen molar-refractivity contribution in [2.24, 2.45) is 0 Å². The first kappa shape index (κ1) is 20.3. The van der Waals surface area contributed by atoms with E-state index >= 15 is 0 Å². The van der Waals surface area contributed by atoms with Crippen molar-refractivity contribution in [1.29, 1.82) is 5.26 Å². The number of carbonyl (C=O) groups excluding carboxylic acids is 1. The summed E-state index contributed by atoms with van der Waals surface area (Å²) in [6.07, 6.45) is 0. The molecule has 0 atom stereocenters. The number of aromatic nitrogens is 2. The first-order valence-corrected chi connectivity index (χ1v) is 10.1. The Labute approximate surface area is 180 Å². The highest BCUT2D eigenvalue weighted by Crippen LogP contribution is 2.37. The quantitative estimate of drug-likeness (QED) is 0.475. The topological polar surface area (TPSA) is 90.9 Å². The summed E-state index contributed by atoms with van der Waals surface area (Å²) in [5, 5.41) is 23.4. The smallest absolute Gasteiger partial charge is 0.252 e. The number of aliphatic hydroxyl groups is 1. The van der Waals surface area contributed by atoms with Crippen LogP contribution in [0.4, 0.5) is 0 Å². The van der Waals surface area contributed by atoms with E-state index < -0.39 is 5.60 Å². The molecule has 3 aromatic carbocycles. The van der Waals surface area contributed by atoms with Crippen molar-refractivity contribution >= 4 is 16.9 Å². The third kappa shape index (κ3) is 3.56. The zero-order valence-corrected chi connectivity index (χ0v) is 17.1. The van der Waals surface area contributed by atoms with Crippen LogP contribution in [-0.2, 0) is 12.1 Å². The molecule has 4 rings (SSSR count). The van der Waals surface area contributed by atoms with Gasteiger partial charge in [0.05, 0.1) is 17.1 Å². The molecule has 0 saturated heterocycles. The Hall–Kier alpha value is -3.95. The van der Waals surface area contributed by atoms with Gasteiger partial charge >= 0.3 is 0 Å². The Balaban J connectivity index is 1.94. The molecule has 6 heteroatoms. The first-order chi connectivity index (χ1) is 15.1. The minimum absolute atomic E-state index is 0.0586. The molecule has 0 aliphatic carbocycles. The van der Waals surface area contributed by atoms with E-state index in [2.05, 4.69) is 5.32 Å². The predicted octanol–water partition coefficient (Wildman–Crippen LogP) is 3.59. The van der Waals surface area contributed by atoms with Crippen molar-refractivity contribution in [3.8, 4) is 6.07 Å². The van der Waals surface area contributed by atoms with Gasteiger partial charge in [-0.1, -0.05) is 60.7 Å². The van der Waals surface area contributed by atoms with E-state index in [4.69, 9.17) is 10.2 Å². The third-order valence-corrected chi connectivity index (χ3v) is 5.36. The molecule has 0 spiro atoms. The van der Waals surface area contributed by atoms with Crippen LogP contribution in [0.15, 0.2) is 78.9 Å². The number of hydrogen-bond donors (Lipinski definition) is 2. The fourth-order valence-electron chi connectivity index (χ4n) is 3.87. The van der Waals surface area contributed by atoms with Gasteiger partial charge in [0.15, 0.2) is 11.4 Å². The maximum absolute atomic E-state index is 12.4. The van der Waals surface area contributed by atoms with Crippen molar-refractivity contribution < 1.29 is 9.90 Å². The van der Waals surface area contributed by atoms with Crippen LogP contribution in [0, 0.1) is 11.3 Å². The molecule has 154 valence electrons. The molecule has 31 heavy (non-hydrogen) atoms. The Bertz CT molecular complexity index is 1220. The third-order valence-electron chi connectivity index (χ3n) is 5.36. The van der Waals surface area contributed by atoms with Gasteiger partial charge in [-0.05, 0) is 36.2 Å². The van der Waals surface area contributed by atoms with Gasteiger partial charge in [-0.3, -0.25) is 4.79 Å². The fourth-order valence-corrected chi connectivity index (χ4v) is 3.87. The van der Waals surface area contributed by atoms with E-state index in [1.54, 1.807) is 18.2 Å². The molecule has 0 unspecified atom stereocenters. The van der Waals surface area contributed by atoms with Gasteiger partial charge in [-0.2, -0.15) is 5.26 Å². The molecule has 0 aliphatic rings. The number of amides is 1. The molecule has 4 aromatic rings. The fraction of sp³-hybridized carbons (Fsp3) is 0.160. The highest BCUT2D eigenvalue weighted by atomic mass is 16.3. The molecule has 1 heterocycles. The van der Waals surface area contributed by atoms with Gasteiger partial charge in [0, 0.05) is 12.1 Å². The number of nitrogens with one attached hydrogen (secondary N) is 1. The molecule has 6 nitrogen and oxygen atoms in total. The van der Waals surface area contributed by atoms with Gasteiger partial charge < -0.3 is 15.0 Å². The van der Waals surface area contributed by atoms with E-state index in [1.165, 1.54) is 0 Å². The molecule has 2 N–H and O–H groups in total. The number of hydrogen-bond acceptors (Lipinski definition) is 4. The zero-order valence-electron chi connectivity index (χ0n) is 17.1. The molecule has 0 fully saturated rings. The Morgan fingerprint density at radius 2 is 1.68 bits per heavy atom. The zero-order chi connectivity index (χ0) is 21.8. The molecular formula is C25H22N4O2. The number of aryl methyl sites for hydroxylation is 1. The first-order valence-electron chi connectivity index (χ1n) is 10.1. The summed E-state index contributed by atoms with van der Waals surface area (Å²) < 4.78 is 1.93. The van der Waals surface area contributed by atoms with Crippen molar-refractivity contribution in [1.82, 2.24) is 14.9 Å². The number of carbonyl (C=O) groups is 1. The number of nitrogens with zero attached hydrogens (tertiary/aromatic N) is 3. The SMILES string of the molecule is CCn1c(C(O)(c2ccccc2)c2ccccc2)nc2ccc(C(=O)NCC#N)cc21. The summed E-state index contributed by atoms with van der Waals surface area (Å²) in [7, 11) is 0. The van der Waals surface area contributed by atoms with Gasteiger partial charge in [-0.15, -0.1) is 0 Å². The second-order valence-electron chi connectivity index (χ2n) is 7.17. The average molecular weight is 410 g/mol. The van der Waals surface area contributed by atoms with Crippen LogP contribution >= 0.6 is 0 Å². The van der Waals surface area contributed by atoms with Gasteiger partial charge in [0.1, 0.15) is 6.54 Å². The second kappa shape index (κ2) is 8.42. The van der Waals surface area contributed by atoms with Crippen molar-refractivity contribution in [3.63, 3.8) is 0 Å². The summed E-state index contributed by atoms with van der Waals surface area (Å²) in [5.41, 5.74) is 1.80. The molecule has 0 aliphatic heterocycles. The minimum atomic E-state index is -1.47. The van der Waals surface area contributed by atoms with E-state index in [-0.39, 0.29) is 12.5 Å². The van der Waals surface area contributed by atoms with Crippen LogP contribution < -0.4 is 5.32 Å². The average Bonchev–Trinajstić information content (AvgIpc) is 3.21. The lowest BCUT2D eigenvalue weighted by Gasteiger charge is -2.29.